The molecule has 3 aliphatic rings. The lowest BCUT2D eigenvalue weighted by molar-refractivity contribution is -0.197. The molecule has 2 bridgehead atoms. The standard InChI is InChI=1S/C41H59FN7O4S/c1-25(50)12-34(19-43)53-49(22-38(51)46-37-17-30-16-36(26(37)2)41(30,3)4)20-27-10-9-11-35(39(27)42)28-13-29(15-33(14-28)48(7)8)40(52)45-31(21-47(5)6)18-32-23-54-24-44-32/h9-15,23-26,30-31,34,36-37,50H,16-22,43H2,1-8H3,(H,45,52)(H,46,51)/t25-,26-,30-,31-,34+,36+,37-/m0/s1. The molecule has 1 radical (unpaired) electrons. The zero-order valence-electron chi connectivity index (χ0n) is 33.0. The summed E-state index contributed by atoms with van der Waals surface area (Å²) in [6, 6.07) is 10.3. The highest BCUT2D eigenvalue weighted by Gasteiger charge is 2.56. The first kappa shape index (κ1) is 41.7. The van der Waals surface area contributed by atoms with E-state index in [2.05, 4.69) is 36.4 Å². The summed E-state index contributed by atoms with van der Waals surface area (Å²) in [5.74, 6) is 0.519. The van der Waals surface area contributed by atoms with E-state index in [9.17, 15) is 14.7 Å². The summed E-state index contributed by atoms with van der Waals surface area (Å²) in [5.41, 5.74) is 11.3. The first-order valence-corrected chi connectivity index (χ1v) is 19.9. The van der Waals surface area contributed by atoms with Crippen LogP contribution in [0.1, 0.15) is 62.2 Å². The van der Waals surface area contributed by atoms with Crippen molar-refractivity contribution in [3.8, 4) is 11.1 Å². The molecule has 0 unspecified atom stereocenters. The summed E-state index contributed by atoms with van der Waals surface area (Å²) in [6.07, 6.45) is 2.77. The second-order valence-corrected chi connectivity index (χ2v) is 17.0. The number of anilines is 1. The van der Waals surface area contributed by atoms with Crippen LogP contribution in [-0.4, -0.2) is 104 Å². The Kier molecular flexibility index (Phi) is 13.9. The Labute approximate surface area is 324 Å². The van der Waals surface area contributed by atoms with Crippen molar-refractivity contribution in [1.29, 1.82) is 0 Å². The molecule has 3 aliphatic carbocycles. The van der Waals surface area contributed by atoms with Gasteiger partial charge >= 0.3 is 0 Å². The molecule has 2 aromatic carbocycles. The van der Waals surface area contributed by atoms with Gasteiger partial charge in [-0.25, -0.2) is 9.37 Å². The minimum atomic E-state index is -0.798. The minimum absolute atomic E-state index is 0.0563. The van der Waals surface area contributed by atoms with Crippen molar-refractivity contribution < 1.29 is 23.9 Å². The molecule has 0 saturated heterocycles. The minimum Gasteiger partial charge on any atom is -0.393 e. The van der Waals surface area contributed by atoms with Crippen molar-refractivity contribution in [3.05, 3.63) is 76.3 Å². The smallest absolute Gasteiger partial charge is 0.251 e. The molecule has 2 amide bonds. The summed E-state index contributed by atoms with van der Waals surface area (Å²) in [6.45, 7) is 8.94. The first-order chi connectivity index (χ1) is 25.5. The van der Waals surface area contributed by atoms with Gasteiger partial charge in [-0.15, -0.1) is 11.3 Å². The zero-order valence-corrected chi connectivity index (χ0v) is 33.8. The Balaban J connectivity index is 1.38. The molecule has 3 saturated carbocycles. The molecule has 3 fully saturated rings. The molecular formula is C41H59FN7O4S. The Morgan fingerprint density at radius 3 is 2.56 bits per heavy atom. The molecule has 54 heavy (non-hydrogen) atoms. The number of aromatic nitrogens is 1. The fourth-order valence-electron chi connectivity index (χ4n) is 8.27. The molecule has 0 spiro atoms. The number of benzene rings is 2. The summed E-state index contributed by atoms with van der Waals surface area (Å²) < 4.78 is 16.7. The van der Waals surface area contributed by atoms with Crippen LogP contribution in [0.5, 0.6) is 0 Å². The van der Waals surface area contributed by atoms with Crippen LogP contribution in [0.25, 0.3) is 11.1 Å². The monoisotopic (exact) mass is 764 g/mol. The number of halogens is 1. The predicted molar refractivity (Wildman–Crippen MR) is 213 cm³/mol. The number of fused-ring (bicyclic) bond motifs is 2. The maximum absolute atomic E-state index is 16.7. The fourth-order valence-corrected chi connectivity index (χ4v) is 8.85. The topological polar surface area (TPSA) is 136 Å². The molecule has 295 valence electrons. The predicted octanol–water partition coefficient (Wildman–Crippen LogP) is 4.75. The van der Waals surface area contributed by atoms with Crippen LogP contribution in [0.15, 0.2) is 47.3 Å². The van der Waals surface area contributed by atoms with Gasteiger partial charge in [0.05, 0.1) is 30.0 Å². The first-order valence-electron chi connectivity index (χ1n) is 18.9. The van der Waals surface area contributed by atoms with E-state index >= 15 is 4.39 Å². The molecule has 1 aromatic heterocycles. The van der Waals surface area contributed by atoms with Gasteiger partial charge in [0, 0.05) is 79.9 Å². The van der Waals surface area contributed by atoms with Crippen LogP contribution in [0, 0.1) is 35.4 Å². The number of hydrogen-bond donors (Lipinski definition) is 4. The van der Waals surface area contributed by atoms with Crippen molar-refractivity contribution in [2.45, 2.75) is 77.8 Å². The molecule has 0 aliphatic heterocycles. The van der Waals surface area contributed by atoms with Gasteiger partial charge in [-0.2, -0.15) is 5.06 Å². The molecule has 1 heterocycles. The number of thiazole rings is 1. The van der Waals surface area contributed by atoms with E-state index < -0.39 is 18.0 Å². The number of hydroxylamine groups is 2. The molecule has 5 N–H and O–H groups in total. The van der Waals surface area contributed by atoms with E-state index in [1.807, 2.05) is 49.4 Å². The van der Waals surface area contributed by atoms with Gasteiger partial charge in [-0.1, -0.05) is 39.0 Å². The molecule has 3 aromatic rings. The number of likely N-dealkylation sites (N-methyl/N-ethyl adjacent to an activating group) is 1. The van der Waals surface area contributed by atoms with Crippen LogP contribution < -0.4 is 21.3 Å². The van der Waals surface area contributed by atoms with Crippen LogP contribution in [0.2, 0.25) is 0 Å². The average molecular weight is 765 g/mol. The van der Waals surface area contributed by atoms with Crippen molar-refractivity contribution in [1.82, 2.24) is 25.6 Å². The lowest BCUT2D eigenvalue weighted by Gasteiger charge is -2.62. The van der Waals surface area contributed by atoms with E-state index in [1.165, 1.54) is 22.8 Å². The Hall–Kier alpha value is -3.46. The highest BCUT2D eigenvalue weighted by atomic mass is 32.1. The second kappa shape index (κ2) is 18.0. The maximum Gasteiger partial charge on any atom is 0.251 e. The van der Waals surface area contributed by atoms with Gasteiger partial charge in [-0.3, -0.25) is 14.4 Å². The Bertz CT molecular complexity index is 1720. The van der Waals surface area contributed by atoms with Gasteiger partial charge in [0.1, 0.15) is 12.4 Å². The van der Waals surface area contributed by atoms with Gasteiger partial charge in [-0.05, 0) is 80.8 Å². The number of nitrogens with one attached hydrogen (secondary N) is 2. The SMILES string of the molecule is C[C@@H]1[C@@H](NC(=O)CN(Cc2cccc(-c3cc(C(=O)N[C@@H](Cc4cscn4)CN(C)C)cc(N(C)C)c3)c2F)O[C@H]([CH][C@H](C)O)CN)C[C@@H]2C[C@H]1C2(C)C. The van der Waals surface area contributed by atoms with E-state index in [-0.39, 0.29) is 48.9 Å². The number of nitrogens with zero attached hydrogens (tertiary/aromatic N) is 4. The zero-order chi connectivity index (χ0) is 39.3. The number of carbonyl (C=O) groups is 2. The van der Waals surface area contributed by atoms with E-state index in [1.54, 1.807) is 49.2 Å². The number of nitrogens with two attached hydrogens (primary N) is 1. The number of carbonyl (C=O) groups excluding carboxylic acids is 2. The number of aliphatic hydroxyl groups excluding tert-OH is 1. The third kappa shape index (κ3) is 10.2. The lowest BCUT2D eigenvalue weighted by atomic mass is 9.45. The van der Waals surface area contributed by atoms with E-state index in [0.717, 1.165) is 17.8 Å². The number of amides is 2. The van der Waals surface area contributed by atoms with Gasteiger partial charge < -0.3 is 31.3 Å². The van der Waals surface area contributed by atoms with Crippen molar-refractivity contribution in [3.63, 3.8) is 0 Å². The highest BCUT2D eigenvalue weighted by Crippen LogP contribution is 2.61. The highest BCUT2D eigenvalue weighted by molar-refractivity contribution is 7.07. The second-order valence-electron chi connectivity index (χ2n) is 16.3. The number of aliphatic hydroxyl groups is 1. The Morgan fingerprint density at radius 2 is 1.94 bits per heavy atom. The van der Waals surface area contributed by atoms with Gasteiger partial charge in [0.15, 0.2) is 0 Å². The number of rotatable bonds is 18. The largest absolute Gasteiger partial charge is 0.393 e. The van der Waals surface area contributed by atoms with Crippen LogP contribution in [0.3, 0.4) is 0 Å². The summed E-state index contributed by atoms with van der Waals surface area (Å²) in [7, 11) is 7.67. The van der Waals surface area contributed by atoms with Crippen molar-refractivity contribution >= 4 is 28.8 Å². The van der Waals surface area contributed by atoms with Crippen molar-refractivity contribution in [2.24, 2.45) is 28.9 Å². The molecular weight excluding hydrogens is 706 g/mol. The third-order valence-corrected chi connectivity index (χ3v) is 12.0. The van der Waals surface area contributed by atoms with Crippen LogP contribution in [0.4, 0.5) is 10.1 Å². The van der Waals surface area contributed by atoms with Gasteiger partial charge in [0.2, 0.25) is 5.91 Å². The average Bonchev–Trinajstić information content (AvgIpc) is 3.61. The van der Waals surface area contributed by atoms with E-state index in [0.29, 0.717) is 53.0 Å². The third-order valence-electron chi connectivity index (χ3n) is 11.3. The van der Waals surface area contributed by atoms with Crippen LogP contribution >= 0.6 is 11.3 Å². The Morgan fingerprint density at radius 1 is 1.19 bits per heavy atom. The maximum atomic E-state index is 16.7. The van der Waals surface area contributed by atoms with Crippen LogP contribution in [-0.2, 0) is 22.6 Å². The summed E-state index contributed by atoms with van der Waals surface area (Å²) in [4.78, 5) is 41.8. The van der Waals surface area contributed by atoms with Crippen molar-refractivity contribution in [2.75, 3.05) is 52.7 Å². The molecule has 13 heteroatoms. The summed E-state index contributed by atoms with van der Waals surface area (Å²) >= 11 is 1.52. The molecule has 6 rings (SSSR count). The van der Waals surface area contributed by atoms with E-state index in [4.69, 9.17) is 10.6 Å². The lowest BCUT2D eigenvalue weighted by Crippen LogP contribution is -2.61. The molecule has 7 atom stereocenters. The normalized spacial score (nSPS) is 22.0. The number of hydrogen-bond acceptors (Lipinski definition) is 10. The quantitative estimate of drug-likeness (QED) is 0.135. The summed E-state index contributed by atoms with van der Waals surface area (Å²) in [5, 5.41) is 19.9. The van der Waals surface area contributed by atoms with Gasteiger partial charge in [0.25, 0.3) is 5.91 Å². The fraction of sp³-hybridized carbons (Fsp3) is 0.561. The molecule has 11 nitrogen and oxygen atoms in total.